The van der Waals surface area contributed by atoms with Crippen LogP contribution in [0.3, 0.4) is 0 Å². The van der Waals surface area contributed by atoms with E-state index < -0.39 is 26.9 Å². The van der Waals surface area contributed by atoms with Gasteiger partial charge in [0.25, 0.3) is 0 Å². The van der Waals surface area contributed by atoms with Crippen LogP contribution >= 0.6 is 11.3 Å². The lowest BCUT2D eigenvalue weighted by Crippen LogP contribution is -2.46. The summed E-state index contributed by atoms with van der Waals surface area (Å²) >= 11 is 1.31. The molecule has 1 aliphatic rings. The number of nitrogens with one attached hydrogen (secondary N) is 2. The molecule has 1 fully saturated rings. The maximum atomic E-state index is 13.2. The Bertz CT molecular complexity index is 932. The highest BCUT2D eigenvalue weighted by Crippen LogP contribution is 2.31. The highest BCUT2D eigenvalue weighted by atomic mass is 32.2. The second-order valence-electron chi connectivity index (χ2n) is 7.38. The minimum Gasteiger partial charge on any atom is -0.346 e. The molecule has 0 spiro atoms. The van der Waals surface area contributed by atoms with Crippen molar-refractivity contribution in [3.8, 4) is 0 Å². The van der Waals surface area contributed by atoms with Crippen LogP contribution in [0.25, 0.3) is 0 Å². The molecule has 0 saturated heterocycles. The summed E-state index contributed by atoms with van der Waals surface area (Å²) < 4.78 is 26.4. The normalized spacial score (nSPS) is 16.2. The predicted octanol–water partition coefficient (Wildman–Crippen LogP) is 3.14. The van der Waals surface area contributed by atoms with Gasteiger partial charge in [-0.15, -0.1) is 11.3 Å². The number of carbonyl (C=O) groups excluding carboxylic acids is 2. The van der Waals surface area contributed by atoms with Gasteiger partial charge in [-0.2, -0.15) is 0 Å². The van der Waals surface area contributed by atoms with Gasteiger partial charge in [0.2, 0.25) is 0 Å². The van der Waals surface area contributed by atoms with E-state index in [-0.39, 0.29) is 17.5 Å². The van der Waals surface area contributed by atoms with Gasteiger partial charge in [0.05, 0.1) is 4.90 Å². The van der Waals surface area contributed by atoms with Crippen molar-refractivity contribution in [1.82, 2.24) is 10.6 Å². The Morgan fingerprint density at radius 3 is 2.38 bits per heavy atom. The van der Waals surface area contributed by atoms with Crippen LogP contribution in [0.4, 0.5) is 0 Å². The molecule has 2 amide bonds. The Balaban J connectivity index is 1.70. The van der Waals surface area contributed by atoms with Crippen LogP contribution in [0.2, 0.25) is 0 Å². The zero-order valence-corrected chi connectivity index (χ0v) is 18.0. The average Bonchev–Trinajstić information content (AvgIpc) is 3.23. The number of thiophene rings is 1. The number of sulfone groups is 1. The molecule has 29 heavy (non-hydrogen) atoms. The molecule has 1 aromatic carbocycles. The number of hydrogen-bond donors (Lipinski definition) is 2. The van der Waals surface area contributed by atoms with Crippen LogP contribution < -0.4 is 10.6 Å². The minimum atomic E-state index is -3.73. The van der Waals surface area contributed by atoms with Crippen LogP contribution in [-0.4, -0.2) is 32.8 Å². The fourth-order valence-electron chi connectivity index (χ4n) is 3.49. The van der Waals surface area contributed by atoms with E-state index >= 15 is 0 Å². The Labute approximate surface area is 175 Å². The molecule has 1 aliphatic carbocycles. The summed E-state index contributed by atoms with van der Waals surface area (Å²) in [5.41, 5.74) is 0.962. The summed E-state index contributed by atoms with van der Waals surface area (Å²) in [6, 6.07) is 10.2. The topological polar surface area (TPSA) is 92.3 Å². The molecule has 1 heterocycles. The molecule has 6 nitrogen and oxygen atoms in total. The third-order valence-electron chi connectivity index (χ3n) is 5.18. The van der Waals surface area contributed by atoms with Gasteiger partial charge in [0.1, 0.15) is 5.25 Å². The number of rotatable bonds is 6. The second kappa shape index (κ2) is 9.54. The van der Waals surface area contributed by atoms with Crippen molar-refractivity contribution in [3.63, 3.8) is 0 Å². The lowest BCUT2D eigenvalue weighted by atomic mass is 9.95. The molecule has 2 N–H and O–H groups in total. The first kappa shape index (κ1) is 21.5. The number of amides is 2. The van der Waals surface area contributed by atoms with E-state index in [1.807, 2.05) is 6.92 Å². The Morgan fingerprint density at radius 2 is 1.76 bits per heavy atom. The number of carbonyl (C=O) groups is 2. The van der Waals surface area contributed by atoms with Crippen molar-refractivity contribution in [2.75, 3.05) is 6.54 Å². The smallest absolute Gasteiger partial charge is 0.309 e. The molecule has 1 aromatic heterocycles. The van der Waals surface area contributed by atoms with E-state index in [4.69, 9.17) is 0 Å². The van der Waals surface area contributed by atoms with Crippen molar-refractivity contribution in [2.45, 2.75) is 55.2 Å². The quantitative estimate of drug-likeness (QED) is 0.683. The molecule has 1 unspecified atom stereocenters. The molecular weight excluding hydrogens is 408 g/mol. The first-order valence-corrected chi connectivity index (χ1v) is 12.2. The summed E-state index contributed by atoms with van der Waals surface area (Å²) in [4.78, 5) is 25.3. The molecule has 3 rings (SSSR count). The highest BCUT2D eigenvalue weighted by molar-refractivity contribution is 7.91. The van der Waals surface area contributed by atoms with E-state index in [2.05, 4.69) is 10.6 Å². The summed E-state index contributed by atoms with van der Waals surface area (Å²) in [6.45, 7) is 1.73. The van der Waals surface area contributed by atoms with Gasteiger partial charge >= 0.3 is 11.8 Å². The zero-order chi connectivity index (χ0) is 20.9. The van der Waals surface area contributed by atoms with Gasteiger partial charge < -0.3 is 10.6 Å². The maximum absolute atomic E-state index is 13.2. The van der Waals surface area contributed by atoms with Crippen LogP contribution in [0, 0.1) is 6.92 Å². The van der Waals surface area contributed by atoms with Crippen molar-refractivity contribution in [3.05, 3.63) is 52.2 Å². The van der Waals surface area contributed by atoms with E-state index in [0.29, 0.717) is 4.88 Å². The lowest BCUT2D eigenvalue weighted by molar-refractivity contribution is -0.139. The molecular formula is C21H26N2O4S2. The van der Waals surface area contributed by atoms with Gasteiger partial charge in [0, 0.05) is 17.5 Å². The summed E-state index contributed by atoms with van der Waals surface area (Å²) in [6.07, 6.45) is 4.98. The number of aryl methyl sites for hydroxylation is 1. The minimum absolute atomic E-state index is 0.0198. The fraction of sp³-hybridized carbons (Fsp3) is 0.429. The molecule has 2 aromatic rings. The lowest BCUT2D eigenvalue weighted by Gasteiger charge is -2.22. The second-order valence-corrected chi connectivity index (χ2v) is 10.5. The average molecular weight is 435 g/mol. The van der Waals surface area contributed by atoms with E-state index in [0.717, 1.165) is 37.7 Å². The maximum Gasteiger partial charge on any atom is 0.309 e. The Hall–Kier alpha value is -2.19. The predicted molar refractivity (Wildman–Crippen MR) is 113 cm³/mol. The highest BCUT2D eigenvalue weighted by Gasteiger charge is 2.31. The molecule has 1 saturated carbocycles. The van der Waals surface area contributed by atoms with Gasteiger partial charge in [-0.1, -0.05) is 43.0 Å². The van der Waals surface area contributed by atoms with Gasteiger partial charge in [0.15, 0.2) is 9.84 Å². The molecule has 0 aliphatic heterocycles. The molecule has 1 atom stereocenters. The largest absolute Gasteiger partial charge is 0.346 e. The van der Waals surface area contributed by atoms with Crippen molar-refractivity contribution < 1.29 is 18.0 Å². The Morgan fingerprint density at radius 1 is 1.07 bits per heavy atom. The Kier molecular flexibility index (Phi) is 7.08. The van der Waals surface area contributed by atoms with E-state index in [9.17, 15) is 18.0 Å². The summed E-state index contributed by atoms with van der Waals surface area (Å²) in [5, 5.41) is 6.13. The van der Waals surface area contributed by atoms with Gasteiger partial charge in [-0.3, -0.25) is 9.59 Å². The summed E-state index contributed by atoms with van der Waals surface area (Å²) in [7, 11) is -3.73. The third kappa shape index (κ3) is 5.45. The van der Waals surface area contributed by atoms with Crippen molar-refractivity contribution in [2.24, 2.45) is 0 Å². The number of benzene rings is 1. The molecule has 0 bridgehead atoms. The first-order chi connectivity index (χ1) is 13.9. The monoisotopic (exact) mass is 434 g/mol. The SMILES string of the molecule is Cc1ccc(S(=O)(=O)C(CNC(=O)C(=O)NC2CCCCC2)c2cccs2)cc1. The van der Waals surface area contributed by atoms with Crippen LogP contribution in [0.5, 0.6) is 0 Å². The first-order valence-electron chi connectivity index (χ1n) is 9.80. The zero-order valence-electron chi connectivity index (χ0n) is 16.4. The third-order valence-corrected chi connectivity index (χ3v) is 8.41. The van der Waals surface area contributed by atoms with Gasteiger partial charge in [-0.25, -0.2) is 8.42 Å². The number of hydrogen-bond acceptors (Lipinski definition) is 5. The molecule has 0 radical (unpaired) electrons. The summed E-state index contributed by atoms with van der Waals surface area (Å²) in [5.74, 6) is -1.49. The van der Waals surface area contributed by atoms with E-state index in [1.54, 1.807) is 41.8 Å². The van der Waals surface area contributed by atoms with Crippen molar-refractivity contribution >= 4 is 33.0 Å². The standard InChI is InChI=1S/C21H26N2O4S2/c1-15-9-11-17(12-10-15)29(26,27)19(18-8-5-13-28-18)14-22-20(24)21(25)23-16-6-3-2-4-7-16/h5,8-13,16,19H,2-4,6-7,14H2,1H3,(H,22,24)(H,23,25). The molecule has 8 heteroatoms. The van der Waals surface area contributed by atoms with Crippen LogP contribution in [0.15, 0.2) is 46.7 Å². The van der Waals surface area contributed by atoms with Crippen LogP contribution in [-0.2, 0) is 19.4 Å². The van der Waals surface area contributed by atoms with Crippen molar-refractivity contribution in [1.29, 1.82) is 0 Å². The van der Waals surface area contributed by atoms with E-state index in [1.165, 1.54) is 11.3 Å². The molecule has 156 valence electrons. The van der Waals surface area contributed by atoms with Gasteiger partial charge in [-0.05, 0) is 43.3 Å². The fourth-order valence-corrected chi connectivity index (χ4v) is 6.28. The van der Waals surface area contributed by atoms with Crippen LogP contribution in [0.1, 0.15) is 47.8 Å².